The van der Waals surface area contributed by atoms with Crippen LogP contribution in [0, 0.1) is 6.92 Å². The Morgan fingerprint density at radius 2 is 1.88 bits per heavy atom. The maximum atomic E-state index is 11.9. The van der Waals surface area contributed by atoms with Crippen LogP contribution in [0.5, 0.6) is 11.5 Å². The molecule has 2 rings (SSSR count). The van der Waals surface area contributed by atoms with E-state index in [1.165, 1.54) is 0 Å². The maximum absolute atomic E-state index is 11.9. The number of hydrazone groups is 1. The Morgan fingerprint density at radius 1 is 1.16 bits per heavy atom. The van der Waals surface area contributed by atoms with Crippen LogP contribution in [-0.4, -0.2) is 24.8 Å². The Balaban J connectivity index is 1.88. The summed E-state index contributed by atoms with van der Waals surface area (Å²) in [4.78, 5) is 11.9. The predicted molar refractivity (Wildman–Crippen MR) is 99.6 cm³/mol. The van der Waals surface area contributed by atoms with E-state index in [1.54, 1.807) is 18.2 Å². The smallest absolute Gasteiger partial charge is 0.277 e. The van der Waals surface area contributed by atoms with Crippen molar-refractivity contribution in [2.75, 3.05) is 13.2 Å². The van der Waals surface area contributed by atoms with Crippen LogP contribution in [0.3, 0.4) is 0 Å². The van der Waals surface area contributed by atoms with E-state index in [2.05, 4.69) is 10.5 Å². The number of hydrogen-bond donors (Lipinski definition) is 1. The number of hydrogen-bond acceptors (Lipinski definition) is 4. The molecule has 0 bridgehead atoms. The van der Waals surface area contributed by atoms with Crippen LogP contribution >= 0.6 is 11.6 Å². The van der Waals surface area contributed by atoms with Crippen LogP contribution in [0.25, 0.3) is 0 Å². The lowest BCUT2D eigenvalue weighted by Gasteiger charge is -2.09. The van der Waals surface area contributed by atoms with Crippen molar-refractivity contribution in [3.05, 3.63) is 58.6 Å². The number of nitrogens with one attached hydrogen (secondary N) is 1. The molecule has 0 saturated carbocycles. The largest absolute Gasteiger partial charge is 0.494 e. The molecule has 1 amide bonds. The number of halogens is 1. The van der Waals surface area contributed by atoms with Crippen LogP contribution < -0.4 is 14.9 Å². The van der Waals surface area contributed by atoms with Crippen molar-refractivity contribution in [1.29, 1.82) is 0 Å². The summed E-state index contributed by atoms with van der Waals surface area (Å²) in [5, 5.41) is 4.72. The maximum Gasteiger partial charge on any atom is 0.277 e. The lowest BCUT2D eigenvalue weighted by molar-refractivity contribution is -0.123. The molecule has 0 atom stereocenters. The van der Waals surface area contributed by atoms with Gasteiger partial charge in [-0.1, -0.05) is 11.6 Å². The number of ether oxygens (including phenoxy) is 2. The molecule has 0 radical (unpaired) electrons. The molecule has 0 spiro atoms. The van der Waals surface area contributed by atoms with Crippen molar-refractivity contribution in [1.82, 2.24) is 5.43 Å². The first kappa shape index (κ1) is 18.8. The van der Waals surface area contributed by atoms with Gasteiger partial charge >= 0.3 is 0 Å². The van der Waals surface area contributed by atoms with Crippen molar-refractivity contribution >= 4 is 23.2 Å². The molecule has 0 saturated heterocycles. The molecule has 0 fully saturated rings. The summed E-state index contributed by atoms with van der Waals surface area (Å²) in [5.74, 6) is 1.08. The molecule has 132 valence electrons. The van der Waals surface area contributed by atoms with Crippen LogP contribution in [0.2, 0.25) is 5.02 Å². The Hall–Kier alpha value is -2.53. The zero-order chi connectivity index (χ0) is 18.2. The molecule has 6 heteroatoms. The summed E-state index contributed by atoms with van der Waals surface area (Å²) in [7, 11) is 0. The van der Waals surface area contributed by atoms with E-state index < -0.39 is 0 Å². The molecule has 1 N–H and O–H groups in total. The van der Waals surface area contributed by atoms with Crippen molar-refractivity contribution in [2.24, 2.45) is 5.10 Å². The standard InChI is InChI=1S/C19H21ClN2O3/c1-4-24-17-8-5-15(6-9-17)14(3)21-22-19(23)12-25-18-10-7-16(20)11-13(18)2/h5-11H,4,12H2,1-3H3,(H,22,23)/b21-14+. The number of amides is 1. The van der Waals surface area contributed by atoms with E-state index in [1.807, 2.05) is 45.0 Å². The van der Waals surface area contributed by atoms with Crippen LogP contribution in [0.4, 0.5) is 0 Å². The third kappa shape index (κ3) is 5.80. The predicted octanol–water partition coefficient (Wildman–Crippen LogP) is 3.97. The van der Waals surface area contributed by atoms with Gasteiger partial charge in [0.25, 0.3) is 5.91 Å². The summed E-state index contributed by atoms with van der Waals surface area (Å²) in [6, 6.07) is 12.8. The second-order valence-corrected chi connectivity index (χ2v) is 5.82. The minimum Gasteiger partial charge on any atom is -0.494 e. The van der Waals surface area contributed by atoms with Gasteiger partial charge in [-0.3, -0.25) is 4.79 Å². The van der Waals surface area contributed by atoms with E-state index in [4.69, 9.17) is 21.1 Å². The zero-order valence-corrected chi connectivity index (χ0v) is 15.3. The first-order valence-electron chi connectivity index (χ1n) is 7.95. The van der Waals surface area contributed by atoms with Gasteiger partial charge in [0, 0.05) is 5.02 Å². The Morgan fingerprint density at radius 3 is 2.52 bits per heavy atom. The van der Waals surface area contributed by atoms with Gasteiger partial charge in [0.2, 0.25) is 0 Å². The number of rotatable bonds is 7. The normalized spacial score (nSPS) is 11.1. The van der Waals surface area contributed by atoms with E-state index in [9.17, 15) is 4.79 Å². The summed E-state index contributed by atoms with van der Waals surface area (Å²) in [5.41, 5.74) is 4.95. The quantitative estimate of drug-likeness (QED) is 0.600. The van der Waals surface area contributed by atoms with E-state index in [0.29, 0.717) is 23.1 Å². The molecule has 2 aromatic carbocycles. The summed E-state index contributed by atoms with van der Waals surface area (Å²) in [6.07, 6.45) is 0. The fraction of sp³-hybridized carbons (Fsp3) is 0.263. The zero-order valence-electron chi connectivity index (χ0n) is 14.5. The highest BCUT2D eigenvalue weighted by molar-refractivity contribution is 6.30. The van der Waals surface area contributed by atoms with Gasteiger partial charge < -0.3 is 9.47 Å². The number of aryl methyl sites for hydroxylation is 1. The van der Waals surface area contributed by atoms with E-state index >= 15 is 0 Å². The number of carbonyl (C=O) groups is 1. The van der Waals surface area contributed by atoms with Crippen molar-refractivity contribution in [2.45, 2.75) is 20.8 Å². The minimum atomic E-state index is -0.334. The van der Waals surface area contributed by atoms with Gasteiger partial charge in [-0.25, -0.2) is 5.43 Å². The fourth-order valence-corrected chi connectivity index (χ4v) is 2.35. The summed E-state index contributed by atoms with van der Waals surface area (Å²) < 4.78 is 10.9. The summed E-state index contributed by atoms with van der Waals surface area (Å²) in [6.45, 7) is 6.12. The fourth-order valence-electron chi connectivity index (χ4n) is 2.12. The van der Waals surface area contributed by atoms with Gasteiger partial charge in [0.05, 0.1) is 12.3 Å². The molecule has 5 nitrogen and oxygen atoms in total. The minimum absolute atomic E-state index is 0.122. The topological polar surface area (TPSA) is 59.9 Å². The molecular weight excluding hydrogens is 340 g/mol. The Labute approximate surface area is 152 Å². The monoisotopic (exact) mass is 360 g/mol. The van der Waals surface area contributed by atoms with Crippen LogP contribution in [-0.2, 0) is 4.79 Å². The Bertz CT molecular complexity index is 758. The molecule has 2 aromatic rings. The van der Waals surface area contributed by atoms with Gasteiger partial charge in [-0.2, -0.15) is 5.10 Å². The SMILES string of the molecule is CCOc1ccc(/C(C)=N/NC(=O)COc2ccc(Cl)cc2C)cc1. The second kappa shape index (κ2) is 9.08. The molecule has 0 unspecified atom stereocenters. The average molecular weight is 361 g/mol. The highest BCUT2D eigenvalue weighted by Gasteiger charge is 2.05. The third-order valence-electron chi connectivity index (χ3n) is 3.43. The van der Waals surface area contributed by atoms with E-state index in [0.717, 1.165) is 16.9 Å². The van der Waals surface area contributed by atoms with Crippen LogP contribution in [0.15, 0.2) is 47.6 Å². The lowest BCUT2D eigenvalue weighted by atomic mass is 10.1. The molecule has 0 heterocycles. The summed E-state index contributed by atoms with van der Waals surface area (Å²) >= 11 is 5.89. The molecule has 0 aromatic heterocycles. The van der Waals surface area contributed by atoms with Crippen LogP contribution in [0.1, 0.15) is 25.0 Å². The van der Waals surface area contributed by atoms with Crippen molar-refractivity contribution in [3.8, 4) is 11.5 Å². The molecule has 25 heavy (non-hydrogen) atoms. The Kier molecular flexibility index (Phi) is 6.83. The van der Waals surface area contributed by atoms with Gasteiger partial charge in [-0.05, 0) is 74.4 Å². The third-order valence-corrected chi connectivity index (χ3v) is 3.66. The van der Waals surface area contributed by atoms with Gasteiger partial charge in [0.15, 0.2) is 6.61 Å². The lowest BCUT2D eigenvalue weighted by Crippen LogP contribution is -2.25. The number of nitrogens with zero attached hydrogens (tertiary/aromatic N) is 1. The van der Waals surface area contributed by atoms with Crippen molar-refractivity contribution in [3.63, 3.8) is 0 Å². The second-order valence-electron chi connectivity index (χ2n) is 5.39. The average Bonchev–Trinajstić information content (AvgIpc) is 2.60. The first-order chi connectivity index (χ1) is 12.0. The molecular formula is C19H21ClN2O3. The molecule has 0 aliphatic rings. The number of benzene rings is 2. The molecule has 0 aliphatic heterocycles. The molecule has 0 aliphatic carbocycles. The van der Waals surface area contributed by atoms with Gasteiger partial charge in [0.1, 0.15) is 11.5 Å². The van der Waals surface area contributed by atoms with Crippen molar-refractivity contribution < 1.29 is 14.3 Å². The van der Waals surface area contributed by atoms with Gasteiger partial charge in [-0.15, -0.1) is 0 Å². The number of carbonyl (C=O) groups excluding carboxylic acids is 1. The highest BCUT2D eigenvalue weighted by atomic mass is 35.5. The van der Waals surface area contributed by atoms with E-state index in [-0.39, 0.29) is 12.5 Å². The highest BCUT2D eigenvalue weighted by Crippen LogP contribution is 2.21. The first-order valence-corrected chi connectivity index (χ1v) is 8.32.